The summed E-state index contributed by atoms with van der Waals surface area (Å²) >= 11 is 1.68. The maximum atomic E-state index is 12.6. The Bertz CT molecular complexity index is 820. The third-order valence-corrected chi connectivity index (χ3v) is 5.90. The first kappa shape index (κ1) is 24.0. The van der Waals surface area contributed by atoms with Crippen molar-refractivity contribution in [2.45, 2.75) is 64.8 Å². The molecule has 0 fully saturated rings. The van der Waals surface area contributed by atoms with E-state index in [1.54, 1.807) is 23.9 Å². The second-order valence-electron chi connectivity index (χ2n) is 7.51. The third-order valence-electron chi connectivity index (χ3n) is 5.25. The molecular weight excluding hydrogens is 404 g/mol. The molecule has 3 atom stereocenters. The number of hydrogen-bond acceptors (Lipinski definition) is 7. The van der Waals surface area contributed by atoms with Crippen LogP contribution in [0.2, 0.25) is 0 Å². The van der Waals surface area contributed by atoms with E-state index in [-0.39, 0.29) is 47.8 Å². The Kier molecular flexibility index (Phi) is 9.42. The van der Waals surface area contributed by atoms with Crippen LogP contribution < -0.4 is 10.6 Å². The molecule has 0 aromatic carbocycles. The fourth-order valence-electron chi connectivity index (χ4n) is 2.72. The molecule has 0 aliphatic heterocycles. The zero-order valence-corrected chi connectivity index (χ0v) is 19.2. The minimum atomic E-state index is -0.348. The monoisotopic (exact) mass is 436 g/mol. The molecule has 0 saturated carbocycles. The predicted molar refractivity (Wildman–Crippen MR) is 117 cm³/mol. The highest BCUT2D eigenvalue weighted by Crippen LogP contribution is 2.19. The van der Waals surface area contributed by atoms with Gasteiger partial charge in [-0.05, 0) is 31.3 Å². The van der Waals surface area contributed by atoms with Gasteiger partial charge in [0.2, 0.25) is 11.5 Å². The van der Waals surface area contributed by atoms with Crippen LogP contribution in [-0.4, -0.2) is 46.7 Å². The minimum absolute atomic E-state index is 0.175. The first-order valence-electron chi connectivity index (χ1n) is 10.4. The van der Waals surface area contributed by atoms with Crippen LogP contribution in [0.1, 0.15) is 91.3 Å². The van der Waals surface area contributed by atoms with Crippen LogP contribution in [0.4, 0.5) is 0 Å². The largest absolute Gasteiger partial charge is 0.351 e. The summed E-state index contributed by atoms with van der Waals surface area (Å²) in [6, 6.07) is 3.10. The Morgan fingerprint density at radius 3 is 2.03 bits per heavy atom. The molecule has 166 valence electrons. The molecule has 0 radical (unpaired) electrons. The van der Waals surface area contributed by atoms with Crippen molar-refractivity contribution in [3.8, 4) is 0 Å². The van der Waals surface area contributed by atoms with Gasteiger partial charge in [-0.25, -0.2) is 0 Å². The predicted octanol–water partition coefficient (Wildman–Crippen LogP) is 3.97. The number of nitrogens with zero attached hydrogens (tertiary/aromatic N) is 2. The Morgan fingerprint density at radius 1 is 1.00 bits per heavy atom. The molecule has 0 aliphatic rings. The van der Waals surface area contributed by atoms with Gasteiger partial charge < -0.3 is 19.7 Å². The standard InChI is InChI=1S/C21H32N4O4S/c1-6-13(3)16-10-18(28-24-16)20(26)22-12-15(8-9-30-5)23-21(27)19-11-17(25-29-19)14(4)7-2/h10-11,13-15H,6-9,12H2,1-5H3,(H,22,26)(H,23,27)/t13-,14-,15-/m0/s1. The normalized spacial score (nSPS) is 14.2. The molecule has 2 amide bonds. The van der Waals surface area contributed by atoms with Crippen molar-refractivity contribution in [2.75, 3.05) is 18.6 Å². The molecule has 2 heterocycles. The SMILES string of the molecule is CC[C@H](C)c1cc(C(=O)NC[C@H](CCSC)NC(=O)c2cc([C@@H](C)CC)no2)on1. The van der Waals surface area contributed by atoms with E-state index in [2.05, 4.69) is 34.8 Å². The second kappa shape index (κ2) is 11.8. The molecule has 0 saturated heterocycles. The number of rotatable bonds is 12. The molecule has 2 aromatic rings. The number of aromatic nitrogens is 2. The lowest BCUT2D eigenvalue weighted by atomic mass is 10.1. The van der Waals surface area contributed by atoms with Crippen molar-refractivity contribution in [3.05, 3.63) is 35.0 Å². The van der Waals surface area contributed by atoms with Gasteiger partial charge in [0.1, 0.15) is 0 Å². The van der Waals surface area contributed by atoms with E-state index >= 15 is 0 Å². The van der Waals surface area contributed by atoms with Gasteiger partial charge in [0.25, 0.3) is 11.8 Å². The number of carbonyl (C=O) groups is 2. The van der Waals surface area contributed by atoms with Crippen LogP contribution in [0.15, 0.2) is 21.2 Å². The molecule has 0 unspecified atom stereocenters. The van der Waals surface area contributed by atoms with Crippen molar-refractivity contribution in [1.29, 1.82) is 0 Å². The van der Waals surface area contributed by atoms with Crippen molar-refractivity contribution < 1.29 is 18.6 Å². The summed E-state index contributed by atoms with van der Waals surface area (Å²) in [5, 5.41) is 13.7. The third kappa shape index (κ3) is 6.62. The van der Waals surface area contributed by atoms with E-state index in [1.807, 2.05) is 20.1 Å². The van der Waals surface area contributed by atoms with Gasteiger partial charge in [-0.1, -0.05) is 38.0 Å². The van der Waals surface area contributed by atoms with E-state index in [9.17, 15) is 9.59 Å². The van der Waals surface area contributed by atoms with Crippen molar-refractivity contribution in [1.82, 2.24) is 20.9 Å². The molecule has 9 heteroatoms. The van der Waals surface area contributed by atoms with Gasteiger partial charge in [0, 0.05) is 36.6 Å². The molecule has 8 nitrogen and oxygen atoms in total. The van der Waals surface area contributed by atoms with Gasteiger partial charge in [0.05, 0.1) is 11.4 Å². The number of nitrogens with one attached hydrogen (secondary N) is 2. The van der Waals surface area contributed by atoms with Gasteiger partial charge in [0.15, 0.2) is 0 Å². The van der Waals surface area contributed by atoms with Gasteiger partial charge >= 0.3 is 0 Å². The zero-order valence-electron chi connectivity index (χ0n) is 18.4. The Morgan fingerprint density at radius 2 is 1.53 bits per heavy atom. The summed E-state index contributed by atoms with van der Waals surface area (Å²) in [6.45, 7) is 8.45. The molecule has 2 aromatic heterocycles. The smallest absolute Gasteiger partial charge is 0.290 e. The average molecular weight is 437 g/mol. The first-order chi connectivity index (χ1) is 14.4. The maximum absolute atomic E-state index is 12.6. The zero-order chi connectivity index (χ0) is 22.1. The molecule has 0 bridgehead atoms. The van der Waals surface area contributed by atoms with E-state index in [0.717, 1.165) is 30.0 Å². The van der Waals surface area contributed by atoms with Crippen LogP contribution in [-0.2, 0) is 0 Å². The summed E-state index contributed by atoms with van der Waals surface area (Å²) in [5.74, 6) is 0.967. The van der Waals surface area contributed by atoms with Crippen molar-refractivity contribution in [2.24, 2.45) is 0 Å². The minimum Gasteiger partial charge on any atom is -0.351 e. The first-order valence-corrected chi connectivity index (χ1v) is 11.8. The number of hydrogen-bond donors (Lipinski definition) is 2. The summed E-state index contributed by atoms with van der Waals surface area (Å²) in [5.41, 5.74) is 1.52. The highest BCUT2D eigenvalue weighted by atomic mass is 32.2. The molecule has 0 aliphatic carbocycles. The van der Waals surface area contributed by atoms with E-state index in [4.69, 9.17) is 9.05 Å². The molecule has 0 spiro atoms. The lowest BCUT2D eigenvalue weighted by Crippen LogP contribution is -2.44. The topological polar surface area (TPSA) is 110 Å². The highest BCUT2D eigenvalue weighted by Gasteiger charge is 2.21. The Hall–Kier alpha value is -2.29. The molecule has 2 N–H and O–H groups in total. The quantitative estimate of drug-likeness (QED) is 0.518. The number of carbonyl (C=O) groups excluding carboxylic acids is 2. The average Bonchev–Trinajstić information content (AvgIpc) is 3.44. The van der Waals surface area contributed by atoms with Gasteiger partial charge in [-0.2, -0.15) is 11.8 Å². The van der Waals surface area contributed by atoms with Crippen LogP contribution >= 0.6 is 11.8 Å². The number of amides is 2. The lowest BCUT2D eigenvalue weighted by Gasteiger charge is -2.17. The van der Waals surface area contributed by atoms with Crippen LogP contribution in [0.5, 0.6) is 0 Å². The summed E-state index contributed by atoms with van der Waals surface area (Å²) < 4.78 is 10.4. The summed E-state index contributed by atoms with van der Waals surface area (Å²) in [4.78, 5) is 25.0. The molecule has 2 rings (SSSR count). The fraction of sp³-hybridized carbons (Fsp3) is 0.619. The van der Waals surface area contributed by atoms with Crippen LogP contribution in [0.25, 0.3) is 0 Å². The maximum Gasteiger partial charge on any atom is 0.290 e. The summed E-state index contributed by atoms with van der Waals surface area (Å²) in [7, 11) is 0. The Balaban J connectivity index is 1.96. The van der Waals surface area contributed by atoms with E-state index in [0.29, 0.717) is 6.42 Å². The van der Waals surface area contributed by atoms with Crippen LogP contribution in [0.3, 0.4) is 0 Å². The van der Waals surface area contributed by atoms with E-state index < -0.39 is 0 Å². The molecular formula is C21H32N4O4S. The van der Waals surface area contributed by atoms with Gasteiger partial charge in [-0.15, -0.1) is 0 Å². The fourth-order valence-corrected chi connectivity index (χ4v) is 3.24. The number of thioether (sulfide) groups is 1. The lowest BCUT2D eigenvalue weighted by molar-refractivity contribution is 0.0870. The Labute approximate surface area is 181 Å². The second-order valence-corrected chi connectivity index (χ2v) is 8.50. The van der Waals surface area contributed by atoms with Crippen molar-refractivity contribution in [3.63, 3.8) is 0 Å². The van der Waals surface area contributed by atoms with E-state index in [1.165, 1.54) is 0 Å². The summed E-state index contributed by atoms with van der Waals surface area (Å²) in [6.07, 6.45) is 4.53. The van der Waals surface area contributed by atoms with Crippen molar-refractivity contribution >= 4 is 23.6 Å². The van der Waals surface area contributed by atoms with Gasteiger partial charge in [-0.3, -0.25) is 9.59 Å². The van der Waals surface area contributed by atoms with Crippen LogP contribution in [0, 0.1) is 0 Å². The highest BCUT2D eigenvalue weighted by molar-refractivity contribution is 7.98. The molecule has 30 heavy (non-hydrogen) atoms.